The second-order valence-electron chi connectivity index (χ2n) is 2.80. The molecule has 0 heterocycles. The van der Waals surface area contributed by atoms with Crippen LogP contribution in [0.25, 0.3) is 0 Å². The lowest BCUT2D eigenvalue weighted by atomic mass is 10.0. The van der Waals surface area contributed by atoms with Gasteiger partial charge in [-0.1, -0.05) is 12.2 Å². The lowest BCUT2D eigenvalue weighted by molar-refractivity contribution is 0.528. The quantitative estimate of drug-likeness (QED) is 0.564. The molecule has 0 fully saturated rings. The molecule has 0 rings (SSSR count). The Balaban J connectivity index is 3.46. The zero-order valence-electron chi connectivity index (χ0n) is 7.00. The summed E-state index contributed by atoms with van der Waals surface area (Å²) in [5, 5.41) is 0. The van der Waals surface area contributed by atoms with E-state index in [1.165, 1.54) is 0 Å². The van der Waals surface area contributed by atoms with Crippen LogP contribution in [-0.2, 0) is 0 Å². The van der Waals surface area contributed by atoms with Crippen molar-refractivity contribution in [2.24, 2.45) is 11.5 Å². The molecule has 0 radical (unpaired) electrons. The van der Waals surface area contributed by atoms with E-state index in [9.17, 15) is 0 Å². The first kappa shape index (κ1) is 10.4. The van der Waals surface area contributed by atoms with Gasteiger partial charge in [0.1, 0.15) is 0 Å². The molecule has 64 valence electrons. The lowest BCUT2D eigenvalue weighted by Crippen LogP contribution is -2.30. The smallest absolute Gasteiger partial charge is 0.00881 e. The first-order valence-electron chi connectivity index (χ1n) is 3.93. The van der Waals surface area contributed by atoms with E-state index in [0.717, 1.165) is 19.3 Å². The van der Waals surface area contributed by atoms with Crippen molar-refractivity contribution < 1.29 is 0 Å². The van der Waals surface area contributed by atoms with E-state index >= 15 is 0 Å². The summed E-state index contributed by atoms with van der Waals surface area (Å²) in [7, 11) is 0. The van der Waals surface area contributed by atoms with Gasteiger partial charge in [0, 0.05) is 12.1 Å². The highest BCUT2D eigenvalue weighted by molar-refractivity contribution is 4.82. The zero-order chi connectivity index (χ0) is 8.69. The SMILES string of the molecule is C=CCC(N)CC(N)CC=C. The Bertz CT molecular complexity index is 107. The Morgan fingerprint density at radius 3 is 1.64 bits per heavy atom. The van der Waals surface area contributed by atoms with E-state index in [2.05, 4.69) is 13.2 Å². The lowest BCUT2D eigenvalue weighted by Gasteiger charge is -2.13. The van der Waals surface area contributed by atoms with Crippen molar-refractivity contribution >= 4 is 0 Å². The normalized spacial score (nSPS) is 15.5. The van der Waals surface area contributed by atoms with Gasteiger partial charge in [-0.2, -0.15) is 0 Å². The van der Waals surface area contributed by atoms with Gasteiger partial charge < -0.3 is 11.5 Å². The summed E-state index contributed by atoms with van der Waals surface area (Å²) in [6.07, 6.45) is 6.17. The average Bonchev–Trinajstić information content (AvgIpc) is 1.87. The first-order valence-corrected chi connectivity index (χ1v) is 3.93. The fourth-order valence-electron chi connectivity index (χ4n) is 1.01. The Morgan fingerprint density at radius 2 is 1.36 bits per heavy atom. The molecule has 0 spiro atoms. The maximum absolute atomic E-state index is 5.73. The molecule has 0 aliphatic carbocycles. The van der Waals surface area contributed by atoms with Gasteiger partial charge in [0.05, 0.1) is 0 Å². The van der Waals surface area contributed by atoms with E-state index in [-0.39, 0.29) is 12.1 Å². The van der Waals surface area contributed by atoms with E-state index in [1.54, 1.807) is 0 Å². The van der Waals surface area contributed by atoms with Crippen molar-refractivity contribution in [2.75, 3.05) is 0 Å². The van der Waals surface area contributed by atoms with Gasteiger partial charge in [-0.3, -0.25) is 0 Å². The summed E-state index contributed by atoms with van der Waals surface area (Å²) in [6, 6.07) is 0.310. The second-order valence-corrected chi connectivity index (χ2v) is 2.80. The Labute approximate surface area is 69.0 Å². The second kappa shape index (κ2) is 6.13. The molecule has 0 aliphatic rings. The molecular weight excluding hydrogens is 136 g/mol. The molecule has 11 heavy (non-hydrogen) atoms. The number of hydrogen-bond acceptors (Lipinski definition) is 2. The van der Waals surface area contributed by atoms with Crippen molar-refractivity contribution in [2.45, 2.75) is 31.3 Å². The topological polar surface area (TPSA) is 52.0 Å². The van der Waals surface area contributed by atoms with Crippen LogP contribution in [-0.4, -0.2) is 12.1 Å². The Morgan fingerprint density at radius 1 is 1.00 bits per heavy atom. The molecule has 0 aromatic rings. The van der Waals surface area contributed by atoms with Crippen LogP contribution in [0, 0.1) is 0 Å². The maximum atomic E-state index is 5.73. The van der Waals surface area contributed by atoms with Crippen LogP contribution in [0.15, 0.2) is 25.3 Å². The van der Waals surface area contributed by atoms with E-state index in [0.29, 0.717) is 0 Å². The molecule has 2 unspecified atom stereocenters. The molecule has 0 aromatic heterocycles. The highest BCUT2D eigenvalue weighted by Gasteiger charge is 2.05. The molecule has 2 heteroatoms. The summed E-state index contributed by atoms with van der Waals surface area (Å²) in [5.41, 5.74) is 11.5. The van der Waals surface area contributed by atoms with Crippen LogP contribution < -0.4 is 11.5 Å². The molecule has 0 saturated heterocycles. The van der Waals surface area contributed by atoms with Crippen molar-refractivity contribution in [3.05, 3.63) is 25.3 Å². The van der Waals surface area contributed by atoms with Crippen molar-refractivity contribution in [3.63, 3.8) is 0 Å². The minimum atomic E-state index is 0.155. The molecular formula is C9H18N2. The minimum absolute atomic E-state index is 0.155. The Kier molecular flexibility index (Phi) is 5.80. The van der Waals surface area contributed by atoms with Gasteiger partial charge in [-0.15, -0.1) is 13.2 Å². The summed E-state index contributed by atoms with van der Waals surface area (Å²) in [4.78, 5) is 0. The highest BCUT2D eigenvalue weighted by atomic mass is 14.7. The largest absolute Gasteiger partial charge is 0.327 e. The van der Waals surface area contributed by atoms with Gasteiger partial charge in [-0.05, 0) is 19.3 Å². The van der Waals surface area contributed by atoms with Crippen molar-refractivity contribution in [3.8, 4) is 0 Å². The van der Waals surface area contributed by atoms with Crippen LogP contribution in [0.3, 0.4) is 0 Å². The summed E-state index contributed by atoms with van der Waals surface area (Å²) >= 11 is 0. The third kappa shape index (κ3) is 5.83. The molecule has 2 atom stereocenters. The molecule has 4 N–H and O–H groups in total. The highest BCUT2D eigenvalue weighted by Crippen LogP contribution is 2.01. The molecule has 0 bridgehead atoms. The maximum Gasteiger partial charge on any atom is 0.00881 e. The number of hydrogen-bond donors (Lipinski definition) is 2. The Hall–Kier alpha value is -0.600. The predicted octanol–water partition coefficient (Wildman–Crippen LogP) is 1.18. The van der Waals surface area contributed by atoms with Gasteiger partial charge >= 0.3 is 0 Å². The van der Waals surface area contributed by atoms with Crippen molar-refractivity contribution in [1.82, 2.24) is 0 Å². The van der Waals surface area contributed by atoms with Crippen LogP contribution in [0.4, 0.5) is 0 Å². The van der Waals surface area contributed by atoms with Gasteiger partial charge in [-0.25, -0.2) is 0 Å². The zero-order valence-corrected chi connectivity index (χ0v) is 7.00. The number of nitrogens with two attached hydrogens (primary N) is 2. The van der Waals surface area contributed by atoms with E-state index in [1.807, 2.05) is 12.2 Å². The molecule has 0 saturated carbocycles. The standard InChI is InChI=1S/C9H18N2/c1-3-5-8(10)7-9(11)6-4-2/h3-4,8-9H,1-2,5-7,10-11H2. The van der Waals surface area contributed by atoms with Gasteiger partial charge in [0.25, 0.3) is 0 Å². The average molecular weight is 154 g/mol. The van der Waals surface area contributed by atoms with Crippen molar-refractivity contribution in [1.29, 1.82) is 0 Å². The monoisotopic (exact) mass is 154 g/mol. The van der Waals surface area contributed by atoms with Crippen LogP contribution in [0.2, 0.25) is 0 Å². The number of rotatable bonds is 6. The fraction of sp³-hybridized carbons (Fsp3) is 0.556. The van der Waals surface area contributed by atoms with Gasteiger partial charge in [0.2, 0.25) is 0 Å². The molecule has 0 aromatic carbocycles. The van der Waals surface area contributed by atoms with Crippen LogP contribution in [0.1, 0.15) is 19.3 Å². The van der Waals surface area contributed by atoms with Crippen LogP contribution in [0.5, 0.6) is 0 Å². The van der Waals surface area contributed by atoms with E-state index < -0.39 is 0 Å². The third-order valence-corrected chi connectivity index (χ3v) is 1.54. The summed E-state index contributed by atoms with van der Waals surface area (Å²) < 4.78 is 0. The third-order valence-electron chi connectivity index (χ3n) is 1.54. The molecule has 0 aliphatic heterocycles. The van der Waals surface area contributed by atoms with Gasteiger partial charge in [0.15, 0.2) is 0 Å². The molecule has 2 nitrogen and oxygen atoms in total. The van der Waals surface area contributed by atoms with Crippen LogP contribution >= 0.6 is 0 Å². The fourth-order valence-corrected chi connectivity index (χ4v) is 1.01. The summed E-state index contributed by atoms with van der Waals surface area (Å²) in [5.74, 6) is 0. The molecule has 0 amide bonds. The predicted molar refractivity (Wildman–Crippen MR) is 50.2 cm³/mol. The minimum Gasteiger partial charge on any atom is -0.327 e. The van der Waals surface area contributed by atoms with E-state index in [4.69, 9.17) is 11.5 Å². The first-order chi connectivity index (χ1) is 5.20. The summed E-state index contributed by atoms with van der Waals surface area (Å²) in [6.45, 7) is 7.23.